The Morgan fingerprint density at radius 2 is 2.06 bits per heavy atom. The van der Waals surface area contributed by atoms with Gasteiger partial charge in [0.2, 0.25) is 0 Å². The standard InChI is InChI=1S/C12H20N4O/c1-8-14-11(13-2)7-12(15-8)16-9-5-4-6-10(9)17-3/h7,9-10H,4-6H2,1-3H3,(H2,13,14,15,16). The van der Waals surface area contributed by atoms with Crippen LogP contribution in [-0.2, 0) is 4.74 Å². The van der Waals surface area contributed by atoms with E-state index in [0.717, 1.165) is 30.3 Å². The fourth-order valence-electron chi connectivity index (χ4n) is 2.33. The van der Waals surface area contributed by atoms with E-state index in [-0.39, 0.29) is 0 Å². The van der Waals surface area contributed by atoms with E-state index in [1.54, 1.807) is 7.11 Å². The van der Waals surface area contributed by atoms with E-state index in [2.05, 4.69) is 20.6 Å². The third-order valence-corrected chi connectivity index (χ3v) is 3.18. The van der Waals surface area contributed by atoms with Crippen LogP contribution in [0, 0.1) is 6.92 Å². The zero-order chi connectivity index (χ0) is 12.3. The summed E-state index contributed by atoms with van der Waals surface area (Å²) in [5, 5.41) is 6.48. The molecule has 5 nitrogen and oxygen atoms in total. The molecule has 0 aromatic carbocycles. The maximum absolute atomic E-state index is 5.46. The molecule has 2 rings (SSSR count). The van der Waals surface area contributed by atoms with Crippen molar-refractivity contribution in [3.8, 4) is 0 Å². The Morgan fingerprint density at radius 3 is 2.76 bits per heavy atom. The number of nitrogens with one attached hydrogen (secondary N) is 2. The van der Waals surface area contributed by atoms with E-state index in [1.807, 2.05) is 20.0 Å². The predicted octanol–water partition coefficient (Wildman–Crippen LogP) is 1.81. The molecule has 94 valence electrons. The van der Waals surface area contributed by atoms with Crippen LogP contribution in [0.4, 0.5) is 11.6 Å². The van der Waals surface area contributed by atoms with E-state index in [0.29, 0.717) is 12.1 Å². The predicted molar refractivity (Wildman–Crippen MR) is 68.4 cm³/mol. The summed E-state index contributed by atoms with van der Waals surface area (Å²) in [5.74, 6) is 2.48. The van der Waals surface area contributed by atoms with E-state index < -0.39 is 0 Å². The zero-order valence-corrected chi connectivity index (χ0v) is 10.7. The SMILES string of the molecule is CNc1cc(NC2CCCC2OC)nc(C)n1. The van der Waals surface area contributed by atoms with Crippen LogP contribution in [0.1, 0.15) is 25.1 Å². The Kier molecular flexibility index (Phi) is 3.78. The molecule has 2 atom stereocenters. The number of methoxy groups -OCH3 is 1. The van der Waals surface area contributed by atoms with Gasteiger partial charge in [-0.25, -0.2) is 9.97 Å². The summed E-state index contributed by atoms with van der Waals surface area (Å²) in [4.78, 5) is 8.67. The van der Waals surface area contributed by atoms with Gasteiger partial charge in [0.15, 0.2) is 0 Å². The Hall–Kier alpha value is -1.36. The minimum atomic E-state index is 0.295. The minimum Gasteiger partial charge on any atom is -0.379 e. The second kappa shape index (κ2) is 5.31. The van der Waals surface area contributed by atoms with Crippen molar-refractivity contribution in [1.29, 1.82) is 0 Å². The Labute approximate surface area is 102 Å². The van der Waals surface area contributed by atoms with Crippen molar-refractivity contribution in [2.75, 3.05) is 24.8 Å². The molecule has 1 aliphatic carbocycles. The molecule has 5 heteroatoms. The van der Waals surface area contributed by atoms with Gasteiger partial charge in [0, 0.05) is 20.2 Å². The maximum atomic E-state index is 5.46. The molecule has 17 heavy (non-hydrogen) atoms. The maximum Gasteiger partial charge on any atom is 0.132 e. The van der Waals surface area contributed by atoms with Gasteiger partial charge in [-0.3, -0.25) is 0 Å². The lowest BCUT2D eigenvalue weighted by molar-refractivity contribution is 0.101. The number of nitrogens with zero attached hydrogens (tertiary/aromatic N) is 2. The third kappa shape index (κ3) is 2.85. The van der Waals surface area contributed by atoms with Crippen molar-refractivity contribution >= 4 is 11.6 Å². The van der Waals surface area contributed by atoms with Gasteiger partial charge in [-0.2, -0.15) is 0 Å². The third-order valence-electron chi connectivity index (χ3n) is 3.18. The molecular formula is C12H20N4O. The largest absolute Gasteiger partial charge is 0.379 e. The fraction of sp³-hybridized carbons (Fsp3) is 0.667. The van der Waals surface area contributed by atoms with Gasteiger partial charge in [-0.15, -0.1) is 0 Å². The second-order valence-corrected chi connectivity index (χ2v) is 4.39. The second-order valence-electron chi connectivity index (χ2n) is 4.39. The molecule has 1 saturated carbocycles. The molecule has 1 aromatic rings. The van der Waals surface area contributed by atoms with Gasteiger partial charge in [-0.05, 0) is 26.2 Å². The van der Waals surface area contributed by atoms with E-state index in [9.17, 15) is 0 Å². The van der Waals surface area contributed by atoms with Crippen LogP contribution in [0.15, 0.2) is 6.07 Å². The normalized spacial score (nSPS) is 23.7. The van der Waals surface area contributed by atoms with E-state index in [1.165, 1.54) is 6.42 Å². The summed E-state index contributed by atoms with van der Waals surface area (Å²) in [5.41, 5.74) is 0. The number of ether oxygens (including phenoxy) is 1. The first-order valence-electron chi connectivity index (χ1n) is 6.05. The zero-order valence-electron chi connectivity index (χ0n) is 10.7. The molecular weight excluding hydrogens is 216 g/mol. The van der Waals surface area contributed by atoms with Crippen molar-refractivity contribution in [3.63, 3.8) is 0 Å². The first kappa shape index (κ1) is 12.1. The summed E-state index contributed by atoms with van der Waals surface area (Å²) in [7, 11) is 3.63. The van der Waals surface area contributed by atoms with Crippen molar-refractivity contribution in [2.24, 2.45) is 0 Å². The van der Waals surface area contributed by atoms with Crippen LogP contribution in [-0.4, -0.2) is 36.3 Å². The molecule has 0 saturated heterocycles. The van der Waals surface area contributed by atoms with E-state index >= 15 is 0 Å². The molecule has 0 spiro atoms. The van der Waals surface area contributed by atoms with Crippen molar-refractivity contribution in [1.82, 2.24) is 9.97 Å². The fourth-order valence-corrected chi connectivity index (χ4v) is 2.33. The van der Waals surface area contributed by atoms with Crippen LogP contribution in [0.5, 0.6) is 0 Å². The number of aromatic nitrogens is 2. The quantitative estimate of drug-likeness (QED) is 0.835. The highest BCUT2D eigenvalue weighted by molar-refractivity contribution is 5.47. The highest BCUT2D eigenvalue weighted by Gasteiger charge is 2.27. The van der Waals surface area contributed by atoms with Gasteiger partial charge in [-0.1, -0.05) is 0 Å². The van der Waals surface area contributed by atoms with Crippen LogP contribution >= 0.6 is 0 Å². The highest BCUT2D eigenvalue weighted by atomic mass is 16.5. The lowest BCUT2D eigenvalue weighted by Crippen LogP contribution is -2.30. The van der Waals surface area contributed by atoms with Crippen LogP contribution in [0.3, 0.4) is 0 Å². The molecule has 0 amide bonds. The van der Waals surface area contributed by atoms with Gasteiger partial charge >= 0.3 is 0 Å². The lowest BCUT2D eigenvalue weighted by atomic mass is 10.2. The molecule has 1 heterocycles. The topological polar surface area (TPSA) is 59.1 Å². The summed E-state index contributed by atoms with van der Waals surface area (Å²) < 4.78 is 5.46. The molecule has 1 aliphatic rings. The number of hydrogen-bond acceptors (Lipinski definition) is 5. The van der Waals surface area contributed by atoms with E-state index in [4.69, 9.17) is 4.74 Å². The molecule has 2 unspecified atom stereocenters. The number of rotatable bonds is 4. The molecule has 2 N–H and O–H groups in total. The monoisotopic (exact) mass is 236 g/mol. The van der Waals surface area contributed by atoms with Gasteiger partial charge in [0.1, 0.15) is 17.5 Å². The smallest absolute Gasteiger partial charge is 0.132 e. The van der Waals surface area contributed by atoms with Crippen LogP contribution in [0.2, 0.25) is 0 Å². The first-order valence-corrected chi connectivity index (χ1v) is 6.05. The molecule has 1 aromatic heterocycles. The van der Waals surface area contributed by atoms with Crippen molar-refractivity contribution in [2.45, 2.75) is 38.3 Å². The van der Waals surface area contributed by atoms with Gasteiger partial charge in [0.25, 0.3) is 0 Å². The summed E-state index contributed by atoms with van der Waals surface area (Å²) in [6.45, 7) is 1.90. The Balaban J connectivity index is 2.09. The number of aryl methyl sites for hydroxylation is 1. The molecule has 0 aliphatic heterocycles. The first-order chi connectivity index (χ1) is 8.22. The molecule has 1 fully saturated rings. The summed E-state index contributed by atoms with van der Waals surface area (Å²) >= 11 is 0. The van der Waals surface area contributed by atoms with Gasteiger partial charge < -0.3 is 15.4 Å². The molecule has 0 radical (unpaired) electrons. The van der Waals surface area contributed by atoms with Crippen molar-refractivity contribution < 1.29 is 4.74 Å². The average molecular weight is 236 g/mol. The number of hydrogen-bond donors (Lipinski definition) is 2. The summed E-state index contributed by atoms with van der Waals surface area (Å²) in [6.07, 6.45) is 3.76. The number of anilines is 2. The highest BCUT2D eigenvalue weighted by Crippen LogP contribution is 2.25. The van der Waals surface area contributed by atoms with Crippen LogP contribution in [0.25, 0.3) is 0 Å². The Morgan fingerprint density at radius 1 is 1.29 bits per heavy atom. The average Bonchev–Trinajstić information content (AvgIpc) is 2.75. The minimum absolute atomic E-state index is 0.295. The molecule has 0 bridgehead atoms. The van der Waals surface area contributed by atoms with Crippen molar-refractivity contribution in [3.05, 3.63) is 11.9 Å². The Bertz CT molecular complexity index is 383. The van der Waals surface area contributed by atoms with Crippen LogP contribution < -0.4 is 10.6 Å². The van der Waals surface area contributed by atoms with Gasteiger partial charge in [0.05, 0.1) is 12.1 Å². The lowest BCUT2D eigenvalue weighted by Gasteiger charge is -2.20. The summed E-state index contributed by atoms with van der Waals surface area (Å²) in [6, 6.07) is 2.29.